The molecular weight excluding hydrogens is 246 g/mol. The fraction of sp³-hybridized carbons (Fsp3) is 0.667. The molecule has 0 aromatic heterocycles. The van der Waals surface area contributed by atoms with E-state index >= 15 is 0 Å². The molecule has 2 nitrogen and oxygen atoms in total. The van der Waals surface area contributed by atoms with E-state index in [1.807, 2.05) is 12.1 Å². The van der Waals surface area contributed by atoms with Gasteiger partial charge in [0.05, 0.1) is 0 Å². The van der Waals surface area contributed by atoms with Gasteiger partial charge in [-0.25, -0.2) is 0 Å². The first-order chi connectivity index (χ1) is 9.55. The Morgan fingerprint density at radius 3 is 2.25 bits per heavy atom. The van der Waals surface area contributed by atoms with E-state index in [0.29, 0.717) is 17.8 Å². The lowest BCUT2D eigenvalue weighted by atomic mass is 9.96. The van der Waals surface area contributed by atoms with E-state index in [4.69, 9.17) is 0 Å². The van der Waals surface area contributed by atoms with Crippen molar-refractivity contribution in [1.29, 1.82) is 0 Å². The predicted octanol–water partition coefficient (Wildman–Crippen LogP) is 4.52. The second-order valence-corrected chi connectivity index (χ2v) is 6.13. The second-order valence-electron chi connectivity index (χ2n) is 6.13. The van der Waals surface area contributed by atoms with Crippen molar-refractivity contribution in [2.45, 2.75) is 71.9 Å². The van der Waals surface area contributed by atoms with Crippen LogP contribution in [-0.4, -0.2) is 17.2 Å². The molecule has 0 saturated carbocycles. The summed E-state index contributed by atoms with van der Waals surface area (Å²) in [6, 6.07) is 8.74. The van der Waals surface area contributed by atoms with Gasteiger partial charge >= 0.3 is 0 Å². The third-order valence-corrected chi connectivity index (χ3v) is 4.20. The Hall–Kier alpha value is -1.02. The van der Waals surface area contributed by atoms with E-state index < -0.39 is 0 Å². The van der Waals surface area contributed by atoms with Crippen LogP contribution in [0.3, 0.4) is 0 Å². The number of hydrogen-bond acceptors (Lipinski definition) is 2. The highest BCUT2D eigenvalue weighted by molar-refractivity contribution is 5.25. The predicted molar refractivity (Wildman–Crippen MR) is 87.2 cm³/mol. The smallest absolute Gasteiger partial charge is 0.115 e. The molecule has 3 atom stereocenters. The number of nitrogens with one attached hydrogen (secondary N) is 1. The minimum atomic E-state index is 0.347. The quantitative estimate of drug-likeness (QED) is 0.695. The first kappa shape index (κ1) is 17.0. The molecule has 1 rings (SSSR count). The molecule has 1 aromatic carbocycles. The Morgan fingerprint density at radius 2 is 1.70 bits per heavy atom. The Labute approximate surface area is 124 Å². The molecule has 3 unspecified atom stereocenters. The van der Waals surface area contributed by atoms with E-state index in [9.17, 15) is 5.11 Å². The zero-order valence-electron chi connectivity index (χ0n) is 13.5. The van der Waals surface area contributed by atoms with Gasteiger partial charge in [-0.15, -0.1) is 0 Å². The number of aromatic hydroxyl groups is 1. The van der Waals surface area contributed by atoms with Crippen molar-refractivity contribution in [3.63, 3.8) is 0 Å². The van der Waals surface area contributed by atoms with Crippen LogP contribution >= 0.6 is 0 Å². The summed E-state index contributed by atoms with van der Waals surface area (Å²) in [5.41, 5.74) is 1.30. The standard InChI is InChI=1S/C18H31NO/c1-5-14(3)13-17(6-2)19-15(4)7-8-16-9-11-18(20)12-10-16/h9-12,14-15,17,19-20H,5-8,13H2,1-4H3. The Balaban J connectivity index is 2.34. The number of phenols is 1. The first-order valence-corrected chi connectivity index (χ1v) is 8.09. The number of aryl methyl sites for hydroxylation is 1. The van der Waals surface area contributed by atoms with Crippen molar-refractivity contribution in [1.82, 2.24) is 5.32 Å². The summed E-state index contributed by atoms with van der Waals surface area (Å²) in [7, 11) is 0. The summed E-state index contributed by atoms with van der Waals surface area (Å²) in [4.78, 5) is 0. The third kappa shape index (κ3) is 6.42. The monoisotopic (exact) mass is 277 g/mol. The molecule has 0 amide bonds. The van der Waals surface area contributed by atoms with E-state index in [1.165, 1.54) is 24.8 Å². The van der Waals surface area contributed by atoms with Crippen LogP contribution in [0.15, 0.2) is 24.3 Å². The Morgan fingerprint density at radius 1 is 1.05 bits per heavy atom. The summed E-state index contributed by atoms with van der Waals surface area (Å²) in [5.74, 6) is 1.15. The van der Waals surface area contributed by atoms with E-state index in [1.54, 1.807) is 12.1 Å². The minimum Gasteiger partial charge on any atom is -0.508 e. The Bertz CT molecular complexity index is 360. The lowest BCUT2D eigenvalue weighted by Crippen LogP contribution is -2.37. The van der Waals surface area contributed by atoms with Crippen LogP contribution in [0, 0.1) is 5.92 Å². The van der Waals surface area contributed by atoms with Crippen molar-refractivity contribution < 1.29 is 5.11 Å². The highest BCUT2D eigenvalue weighted by Gasteiger charge is 2.13. The van der Waals surface area contributed by atoms with Crippen molar-refractivity contribution in [2.24, 2.45) is 5.92 Å². The van der Waals surface area contributed by atoms with Gasteiger partial charge in [0.15, 0.2) is 0 Å². The maximum absolute atomic E-state index is 9.28. The molecule has 20 heavy (non-hydrogen) atoms. The second kappa shape index (κ2) is 9.02. The zero-order chi connectivity index (χ0) is 15.0. The number of rotatable bonds is 9. The highest BCUT2D eigenvalue weighted by Crippen LogP contribution is 2.15. The van der Waals surface area contributed by atoms with Crippen LogP contribution in [0.1, 0.15) is 58.9 Å². The van der Waals surface area contributed by atoms with Gasteiger partial charge < -0.3 is 10.4 Å². The van der Waals surface area contributed by atoms with Gasteiger partial charge in [0.1, 0.15) is 5.75 Å². The molecule has 0 aliphatic rings. The van der Waals surface area contributed by atoms with Gasteiger partial charge in [0.25, 0.3) is 0 Å². The zero-order valence-corrected chi connectivity index (χ0v) is 13.5. The molecule has 1 aromatic rings. The lowest BCUT2D eigenvalue weighted by Gasteiger charge is -2.24. The van der Waals surface area contributed by atoms with E-state index in [0.717, 1.165) is 18.8 Å². The van der Waals surface area contributed by atoms with Crippen LogP contribution in [0.2, 0.25) is 0 Å². The summed E-state index contributed by atoms with van der Waals surface area (Å²) in [6.45, 7) is 9.16. The molecular formula is C18H31NO. The molecule has 0 bridgehead atoms. The van der Waals surface area contributed by atoms with E-state index in [2.05, 4.69) is 33.0 Å². The van der Waals surface area contributed by atoms with Gasteiger partial charge in [0.2, 0.25) is 0 Å². The maximum atomic E-state index is 9.28. The van der Waals surface area contributed by atoms with Crippen molar-refractivity contribution in [3.8, 4) is 5.75 Å². The van der Waals surface area contributed by atoms with Crippen LogP contribution < -0.4 is 5.32 Å². The van der Waals surface area contributed by atoms with Crippen LogP contribution in [0.25, 0.3) is 0 Å². The van der Waals surface area contributed by atoms with Gasteiger partial charge in [-0.05, 0) is 56.2 Å². The average molecular weight is 277 g/mol. The minimum absolute atomic E-state index is 0.347. The molecule has 0 fully saturated rings. The number of phenolic OH excluding ortho intramolecular Hbond substituents is 1. The number of benzene rings is 1. The topological polar surface area (TPSA) is 32.3 Å². The SMILES string of the molecule is CCC(C)CC(CC)NC(C)CCc1ccc(O)cc1. The first-order valence-electron chi connectivity index (χ1n) is 8.09. The molecule has 0 aliphatic heterocycles. The van der Waals surface area contributed by atoms with Crippen molar-refractivity contribution >= 4 is 0 Å². The molecule has 0 radical (unpaired) electrons. The molecule has 2 heteroatoms. The molecule has 2 N–H and O–H groups in total. The van der Waals surface area contributed by atoms with E-state index in [-0.39, 0.29) is 0 Å². The van der Waals surface area contributed by atoms with Crippen LogP contribution in [-0.2, 0) is 6.42 Å². The highest BCUT2D eigenvalue weighted by atomic mass is 16.3. The summed E-state index contributed by atoms with van der Waals surface area (Å²) < 4.78 is 0. The lowest BCUT2D eigenvalue weighted by molar-refractivity contribution is 0.348. The fourth-order valence-electron chi connectivity index (χ4n) is 2.54. The largest absolute Gasteiger partial charge is 0.508 e. The average Bonchev–Trinajstić information content (AvgIpc) is 2.45. The van der Waals surface area contributed by atoms with Gasteiger partial charge in [0, 0.05) is 12.1 Å². The molecule has 0 saturated heterocycles. The normalized spacial score (nSPS) is 15.8. The van der Waals surface area contributed by atoms with Crippen molar-refractivity contribution in [3.05, 3.63) is 29.8 Å². The summed E-state index contributed by atoms with van der Waals surface area (Å²) in [6.07, 6.45) is 5.94. The number of hydrogen-bond donors (Lipinski definition) is 2. The van der Waals surface area contributed by atoms with Crippen molar-refractivity contribution in [2.75, 3.05) is 0 Å². The molecule has 0 heterocycles. The van der Waals surface area contributed by atoms with Gasteiger partial charge in [-0.1, -0.05) is 39.3 Å². The maximum Gasteiger partial charge on any atom is 0.115 e. The van der Waals surface area contributed by atoms with Crippen LogP contribution in [0.4, 0.5) is 0 Å². The fourth-order valence-corrected chi connectivity index (χ4v) is 2.54. The third-order valence-electron chi connectivity index (χ3n) is 4.20. The van der Waals surface area contributed by atoms with Gasteiger partial charge in [-0.3, -0.25) is 0 Å². The summed E-state index contributed by atoms with van der Waals surface area (Å²) >= 11 is 0. The molecule has 114 valence electrons. The molecule has 0 spiro atoms. The van der Waals surface area contributed by atoms with Crippen LogP contribution in [0.5, 0.6) is 5.75 Å². The molecule has 0 aliphatic carbocycles. The summed E-state index contributed by atoms with van der Waals surface area (Å²) in [5, 5.41) is 13.0. The van der Waals surface area contributed by atoms with Gasteiger partial charge in [-0.2, -0.15) is 0 Å². The Kier molecular flexibility index (Phi) is 7.68.